The fourth-order valence-corrected chi connectivity index (χ4v) is 9.61. The molecule has 0 spiro atoms. The lowest BCUT2D eigenvalue weighted by Crippen LogP contribution is -2.49. The molecule has 0 radical (unpaired) electrons. The lowest BCUT2D eigenvalue weighted by molar-refractivity contribution is -0.143. The van der Waals surface area contributed by atoms with Crippen molar-refractivity contribution >= 4 is 35.2 Å². The minimum absolute atomic E-state index is 0.0379. The van der Waals surface area contributed by atoms with Crippen LogP contribution < -0.4 is 0 Å². The Kier molecular flexibility index (Phi) is 6.50. The minimum atomic E-state index is -3.62. The van der Waals surface area contributed by atoms with Gasteiger partial charge in [-0.15, -0.1) is 11.3 Å². The third-order valence-corrected chi connectivity index (χ3v) is 11.9. The topological polar surface area (TPSA) is 91.7 Å². The molecule has 2 aromatic rings. The standard InChI is InChI=1S/C22H30O5S2Si/c1-30(2,3)15-12-18(21(24)25)22(13-4-5-14-29(22,26)27)20-11-10-19(28-20)16-6-8-17(23)9-7-16/h6-11,18,23H,4-5,12-15H2,1-3H3,(H,24,25)/t18?,22-/m0/s1. The van der Waals surface area contributed by atoms with Gasteiger partial charge in [-0.1, -0.05) is 32.1 Å². The van der Waals surface area contributed by atoms with Gasteiger partial charge in [0.2, 0.25) is 0 Å². The first kappa shape index (κ1) is 23.0. The summed E-state index contributed by atoms with van der Waals surface area (Å²) in [6.07, 6.45) is 2.04. The number of phenolic OH excluding ortho intramolecular Hbond substituents is 1. The van der Waals surface area contributed by atoms with E-state index in [4.69, 9.17) is 0 Å². The molecule has 1 aliphatic rings. The number of hydrogen-bond acceptors (Lipinski definition) is 5. The van der Waals surface area contributed by atoms with Crippen LogP contribution in [0, 0.1) is 5.92 Å². The SMILES string of the molecule is C[Si](C)(C)CCC(C(=O)O)[C@]1(c2ccc(-c3ccc(O)cc3)s2)CCCCS1(=O)=O. The number of carboxylic acid groups (broad SMARTS) is 1. The molecular formula is C22H30O5S2Si. The second kappa shape index (κ2) is 8.47. The van der Waals surface area contributed by atoms with E-state index in [2.05, 4.69) is 19.6 Å². The third kappa shape index (κ3) is 4.50. The number of aromatic hydroxyl groups is 1. The van der Waals surface area contributed by atoms with Crippen LogP contribution in [-0.4, -0.2) is 38.4 Å². The summed E-state index contributed by atoms with van der Waals surface area (Å²) in [5.74, 6) is -1.76. The van der Waals surface area contributed by atoms with Crippen molar-refractivity contribution in [3.8, 4) is 16.2 Å². The second-order valence-electron chi connectivity index (χ2n) is 9.37. The average Bonchev–Trinajstić information content (AvgIpc) is 3.12. The zero-order chi connectivity index (χ0) is 22.2. The molecule has 8 heteroatoms. The Morgan fingerprint density at radius 2 is 1.80 bits per heavy atom. The molecule has 164 valence electrons. The molecule has 2 atom stereocenters. The zero-order valence-corrected chi connectivity index (χ0v) is 20.4. The Bertz CT molecular complexity index is 1000. The van der Waals surface area contributed by atoms with Gasteiger partial charge in [0.25, 0.3) is 0 Å². The van der Waals surface area contributed by atoms with Crippen LogP contribution in [0.15, 0.2) is 36.4 Å². The summed E-state index contributed by atoms with van der Waals surface area (Å²) >= 11 is 1.37. The number of phenols is 1. The molecule has 1 aromatic carbocycles. The van der Waals surface area contributed by atoms with Crippen LogP contribution in [0.1, 0.15) is 30.6 Å². The maximum Gasteiger partial charge on any atom is 0.308 e. The summed E-state index contributed by atoms with van der Waals surface area (Å²) in [5.41, 5.74) is 0.876. The maximum atomic E-state index is 13.5. The largest absolute Gasteiger partial charge is 0.508 e. The Balaban J connectivity index is 2.11. The normalized spacial score (nSPS) is 22.5. The van der Waals surface area contributed by atoms with Crippen molar-refractivity contribution in [2.24, 2.45) is 5.92 Å². The molecular weight excluding hydrogens is 436 g/mol. The van der Waals surface area contributed by atoms with Gasteiger partial charge in [-0.25, -0.2) is 8.42 Å². The first-order valence-corrected chi connectivity index (χ1v) is 16.5. The molecule has 3 rings (SSSR count). The zero-order valence-electron chi connectivity index (χ0n) is 17.7. The van der Waals surface area contributed by atoms with Crippen molar-refractivity contribution < 1.29 is 23.4 Å². The van der Waals surface area contributed by atoms with Crippen molar-refractivity contribution in [1.82, 2.24) is 0 Å². The van der Waals surface area contributed by atoms with E-state index in [9.17, 15) is 23.4 Å². The minimum Gasteiger partial charge on any atom is -0.508 e. The molecule has 0 aliphatic carbocycles. The highest BCUT2D eigenvalue weighted by Gasteiger charge is 2.56. The van der Waals surface area contributed by atoms with Gasteiger partial charge in [-0.05, 0) is 61.2 Å². The van der Waals surface area contributed by atoms with E-state index in [-0.39, 0.29) is 11.5 Å². The van der Waals surface area contributed by atoms with Gasteiger partial charge in [0, 0.05) is 17.8 Å². The quantitative estimate of drug-likeness (QED) is 0.537. The molecule has 30 heavy (non-hydrogen) atoms. The highest BCUT2D eigenvalue weighted by atomic mass is 32.2. The molecule has 2 heterocycles. The Labute approximate surface area is 183 Å². The Morgan fingerprint density at radius 1 is 1.13 bits per heavy atom. The summed E-state index contributed by atoms with van der Waals surface area (Å²) in [5, 5.41) is 19.7. The number of sulfone groups is 1. The van der Waals surface area contributed by atoms with Gasteiger partial charge in [0.1, 0.15) is 10.5 Å². The monoisotopic (exact) mass is 466 g/mol. The predicted octanol–water partition coefficient (Wildman–Crippen LogP) is 5.34. The fourth-order valence-electron chi connectivity index (χ4n) is 4.34. The van der Waals surface area contributed by atoms with Crippen molar-refractivity contribution in [3.05, 3.63) is 41.3 Å². The summed E-state index contributed by atoms with van der Waals surface area (Å²) in [6.45, 7) is 6.55. The molecule has 1 saturated heterocycles. The molecule has 0 bridgehead atoms. The number of carbonyl (C=O) groups is 1. The number of rotatable bonds is 7. The predicted molar refractivity (Wildman–Crippen MR) is 125 cm³/mol. The van der Waals surface area contributed by atoms with E-state index in [1.807, 2.05) is 6.07 Å². The maximum absolute atomic E-state index is 13.5. The van der Waals surface area contributed by atoms with Gasteiger partial charge in [-0.2, -0.15) is 0 Å². The van der Waals surface area contributed by atoms with Gasteiger partial charge in [0.15, 0.2) is 9.84 Å². The van der Waals surface area contributed by atoms with Crippen molar-refractivity contribution in [1.29, 1.82) is 0 Å². The molecule has 0 amide bonds. The molecule has 5 nitrogen and oxygen atoms in total. The summed E-state index contributed by atoms with van der Waals surface area (Å²) < 4.78 is 25.6. The van der Waals surface area contributed by atoms with Crippen LogP contribution in [0.5, 0.6) is 5.75 Å². The second-order valence-corrected chi connectivity index (χ2v) is 18.4. The number of thiophene rings is 1. The van der Waals surface area contributed by atoms with E-state index >= 15 is 0 Å². The number of benzene rings is 1. The molecule has 0 saturated carbocycles. The van der Waals surface area contributed by atoms with Crippen LogP contribution in [0.4, 0.5) is 0 Å². The van der Waals surface area contributed by atoms with E-state index in [1.165, 1.54) is 11.3 Å². The Hall–Kier alpha value is -1.64. The fraction of sp³-hybridized carbons (Fsp3) is 0.500. The van der Waals surface area contributed by atoms with Crippen LogP contribution in [0.25, 0.3) is 10.4 Å². The van der Waals surface area contributed by atoms with Crippen molar-refractivity contribution in [2.45, 2.75) is 56.1 Å². The molecule has 1 aliphatic heterocycles. The third-order valence-electron chi connectivity index (χ3n) is 5.99. The number of aliphatic carboxylic acids is 1. The van der Waals surface area contributed by atoms with Crippen molar-refractivity contribution in [2.75, 3.05) is 5.75 Å². The van der Waals surface area contributed by atoms with Crippen LogP contribution in [0.3, 0.4) is 0 Å². The van der Waals surface area contributed by atoms with E-state index in [1.54, 1.807) is 30.3 Å². The number of carboxylic acids is 1. The summed E-state index contributed by atoms with van der Waals surface area (Å²) in [4.78, 5) is 13.9. The Morgan fingerprint density at radius 3 is 2.37 bits per heavy atom. The lowest BCUT2D eigenvalue weighted by Gasteiger charge is -2.41. The highest BCUT2D eigenvalue weighted by molar-refractivity contribution is 7.92. The molecule has 1 aromatic heterocycles. The average molecular weight is 467 g/mol. The van der Waals surface area contributed by atoms with Crippen LogP contribution in [0.2, 0.25) is 25.7 Å². The van der Waals surface area contributed by atoms with Gasteiger partial charge < -0.3 is 10.2 Å². The van der Waals surface area contributed by atoms with E-state index < -0.39 is 34.5 Å². The first-order valence-electron chi connectivity index (χ1n) is 10.3. The molecule has 2 N–H and O–H groups in total. The van der Waals surface area contributed by atoms with Crippen LogP contribution >= 0.6 is 11.3 Å². The van der Waals surface area contributed by atoms with E-state index in [0.29, 0.717) is 30.6 Å². The smallest absolute Gasteiger partial charge is 0.308 e. The van der Waals surface area contributed by atoms with Gasteiger partial charge in [0.05, 0.1) is 11.7 Å². The van der Waals surface area contributed by atoms with Gasteiger partial charge in [-0.3, -0.25) is 4.79 Å². The first-order chi connectivity index (χ1) is 14.0. The van der Waals surface area contributed by atoms with E-state index in [0.717, 1.165) is 16.5 Å². The molecule has 1 unspecified atom stereocenters. The van der Waals surface area contributed by atoms with Crippen molar-refractivity contribution in [3.63, 3.8) is 0 Å². The highest BCUT2D eigenvalue weighted by Crippen LogP contribution is 2.51. The van der Waals surface area contributed by atoms with Crippen LogP contribution in [-0.2, 0) is 19.4 Å². The lowest BCUT2D eigenvalue weighted by atomic mass is 9.83. The summed E-state index contributed by atoms with van der Waals surface area (Å²) in [6, 6.07) is 11.2. The molecule has 1 fully saturated rings. The summed E-state index contributed by atoms with van der Waals surface area (Å²) in [7, 11) is -5.16. The number of hydrogen-bond donors (Lipinski definition) is 2. The van der Waals surface area contributed by atoms with Gasteiger partial charge >= 0.3 is 5.97 Å².